The first-order valence-corrected chi connectivity index (χ1v) is 13.5. The number of nitrogens with one attached hydrogen (secondary N) is 2. The number of aromatic amines is 2. The van der Waals surface area contributed by atoms with E-state index in [4.69, 9.17) is 34.6 Å². The fourth-order valence-electron chi connectivity index (χ4n) is 5.83. The average Bonchev–Trinajstić information content (AvgIpc) is 3.76. The van der Waals surface area contributed by atoms with Crippen LogP contribution < -0.4 is 4.74 Å². The number of ether oxygens (including phenoxy) is 1. The van der Waals surface area contributed by atoms with Crippen LogP contribution in [-0.4, -0.2) is 47.0 Å². The van der Waals surface area contributed by atoms with E-state index in [1.807, 2.05) is 91.0 Å². The summed E-state index contributed by atoms with van der Waals surface area (Å²) in [6, 6.07) is 29.9. The summed E-state index contributed by atoms with van der Waals surface area (Å²) in [6.45, 7) is 0. The maximum absolute atomic E-state index is 5.76. The second-order valence-electron chi connectivity index (χ2n) is 10.1. The van der Waals surface area contributed by atoms with Crippen molar-refractivity contribution in [3.05, 3.63) is 91.0 Å². The van der Waals surface area contributed by atoms with Crippen molar-refractivity contribution in [1.82, 2.24) is 39.9 Å². The van der Waals surface area contributed by atoms with Crippen molar-refractivity contribution >= 4 is 44.1 Å². The molecule has 5 heterocycles. The van der Waals surface area contributed by atoms with Gasteiger partial charge in [-0.3, -0.25) is 0 Å². The van der Waals surface area contributed by atoms with E-state index in [1.54, 1.807) is 7.11 Å². The van der Waals surface area contributed by atoms with Gasteiger partial charge in [-0.15, -0.1) is 0 Å². The Bertz CT molecular complexity index is 2420. The molecule has 2 aliphatic rings. The third-order valence-electron chi connectivity index (χ3n) is 7.76. The van der Waals surface area contributed by atoms with Crippen LogP contribution in [0.25, 0.3) is 89.7 Å². The molecule has 2 N–H and O–H groups in total. The van der Waals surface area contributed by atoms with Crippen LogP contribution in [0.5, 0.6) is 5.75 Å². The first-order valence-electron chi connectivity index (χ1n) is 13.5. The van der Waals surface area contributed by atoms with Crippen molar-refractivity contribution < 1.29 is 4.74 Å². The van der Waals surface area contributed by atoms with E-state index in [9.17, 15) is 0 Å². The first-order chi connectivity index (χ1) is 20.7. The molecule has 198 valence electrons. The Labute approximate surface area is 238 Å². The number of rotatable bonds is 1. The van der Waals surface area contributed by atoms with E-state index in [0.717, 1.165) is 43.8 Å². The molecule has 0 saturated carbocycles. The topological polar surface area (TPSA) is 118 Å². The molecule has 8 bridgehead atoms. The summed E-state index contributed by atoms with van der Waals surface area (Å²) in [5.74, 6) is 2.95. The minimum Gasteiger partial charge on any atom is -0.496 e. The maximum atomic E-state index is 5.76. The minimum absolute atomic E-state index is 0.553. The predicted molar refractivity (Wildman–Crippen MR) is 163 cm³/mol. The number of hydrogen-bond acceptors (Lipinski definition) is 7. The van der Waals surface area contributed by atoms with E-state index in [1.165, 1.54) is 0 Å². The molecule has 3 aromatic heterocycles. The highest BCUT2D eigenvalue weighted by Crippen LogP contribution is 2.38. The lowest BCUT2D eigenvalue weighted by molar-refractivity contribution is 0.420. The molecule has 0 aliphatic carbocycles. The number of hydrogen-bond donors (Lipinski definition) is 2. The van der Waals surface area contributed by atoms with Gasteiger partial charge in [0.05, 0.1) is 12.5 Å². The fourth-order valence-corrected chi connectivity index (χ4v) is 5.83. The van der Waals surface area contributed by atoms with Gasteiger partial charge >= 0.3 is 0 Å². The van der Waals surface area contributed by atoms with Crippen molar-refractivity contribution in [2.75, 3.05) is 7.11 Å². The predicted octanol–water partition coefficient (Wildman–Crippen LogP) is 6.88. The largest absolute Gasteiger partial charge is 0.496 e. The summed E-state index contributed by atoms with van der Waals surface area (Å²) < 4.78 is 5.76. The SMILES string of the molecule is COc1cccc2c3nc4nc(nc5[nH]c(nc6nc(nc([nH]3)c12)-c1ccccc1-6)c1ccccc51)-c1ccccc1-4. The Morgan fingerprint density at radius 3 is 1.33 bits per heavy atom. The standard InChI is InChI=1S/C33H20N8O/c1-42-24-16-8-15-23-25(24)33-40-31-22-14-7-6-13-21(22)29(38-31)36-27-18-10-3-2-9-17(18)26(34-27)35-28-19-11-4-5-12-20(19)30(37-28)39-32(23)41-33/h2-16H,1H3,(H2,34,35,36,37,38,39,40,41). The molecule has 0 spiro atoms. The second kappa shape index (κ2) is 8.52. The van der Waals surface area contributed by atoms with E-state index in [2.05, 4.69) is 9.97 Å². The normalized spacial score (nSPS) is 11.9. The molecule has 0 saturated heterocycles. The van der Waals surface area contributed by atoms with Gasteiger partial charge in [-0.05, 0) is 6.07 Å². The fraction of sp³-hybridized carbons (Fsp3) is 0.0303. The molecule has 0 radical (unpaired) electrons. The van der Waals surface area contributed by atoms with Gasteiger partial charge in [0.15, 0.2) is 23.3 Å². The minimum atomic E-state index is 0.553. The summed E-state index contributed by atoms with van der Waals surface area (Å²) in [7, 11) is 1.65. The Balaban J connectivity index is 1.52. The molecule has 9 heteroatoms. The number of nitrogens with zero attached hydrogens (tertiary/aromatic N) is 6. The lowest BCUT2D eigenvalue weighted by atomic mass is 10.1. The molecule has 0 amide bonds. The molecule has 7 aromatic rings. The van der Waals surface area contributed by atoms with E-state index < -0.39 is 0 Å². The third-order valence-corrected chi connectivity index (χ3v) is 7.76. The Morgan fingerprint density at radius 2 is 0.833 bits per heavy atom. The zero-order chi connectivity index (χ0) is 27.8. The third kappa shape index (κ3) is 3.24. The van der Waals surface area contributed by atoms with Crippen molar-refractivity contribution in [2.24, 2.45) is 0 Å². The molecule has 0 atom stereocenters. The molecule has 0 fully saturated rings. The van der Waals surface area contributed by atoms with Crippen LogP contribution in [0, 0.1) is 0 Å². The van der Waals surface area contributed by atoms with Crippen LogP contribution >= 0.6 is 0 Å². The van der Waals surface area contributed by atoms with Gasteiger partial charge in [0.2, 0.25) is 0 Å². The van der Waals surface area contributed by atoms with Crippen molar-refractivity contribution in [3.8, 4) is 51.3 Å². The van der Waals surface area contributed by atoms with Crippen molar-refractivity contribution in [1.29, 1.82) is 0 Å². The molecule has 9 nitrogen and oxygen atoms in total. The average molecular weight is 545 g/mol. The lowest BCUT2D eigenvalue weighted by Gasteiger charge is -2.01. The molecular weight excluding hydrogens is 524 g/mol. The number of H-pyrrole nitrogens is 2. The summed E-state index contributed by atoms with van der Waals surface area (Å²) in [5, 5.41) is 3.56. The second-order valence-corrected chi connectivity index (χ2v) is 10.1. The molecule has 2 aliphatic heterocycles. The number of fused-ring (bicyclic) bond motifs is 20. The quantitative estimate of drug-likeness (QED) is 0.231. The van der Waals surface area contributed by atoms with Gasteiger partial charge in [0.25, 0.3) is 0 Å². The molecule has 4 aromatic carbocycles. The van der Waals surface area contributed by atoms with Crippen LogP contribution in [0.1, 0.15) is 0 Å². The Morgan fingerprint density at radius 1 is 0.429 bits per heavy atom. The van der Waals surface area contributed by atoms with Crippen LogP contribution in [-0.2, 0) is 0 Å². The van der Waals surface area contributed by atoms with E-state index in [0.29, 0.717) is 51.6 Å². The van der Waals surface area contributed by atoms with Crippen molar-refractivity contribution in [2.45, 2.75) is 0 Å². The maximum Gasteiger partial charge on any atom is 0.164 e. The van der Waals surface area contributed by atoms with Crippen LogP contribution in [0.15, 0.2) is 91.0 Å². The van der Waals surface area contributed by atoms with Gasteiger partial charge in [-0.1, -0.05) is 84.9 Å². The van der Waals surface area contributed by atoms with Crippen LogP contribution in [0.3, 0.4) is 0 Å². The number of aromatic nitrogens is 8. The highest BCUT2D eigenvalue weighted by Gasteiger charge is 2.22. The summed E-state index contributed by atoms with van der Waals surface area (Å²) in [5.41, 5.74) is 6.16. The van der Waals surface area contributed by atoms with Crippen LogP contribution in [0.2, 0.25) is 0 Å². The molecule has 42 heavy (non-hydrogen) atoms. The van der Waals surface area contributed by atoms with Gasteiger partial charge in [-0.2, -0.15) is 0 Å². The summed E-state index contributed by atoms with van der Waals surface area (Å²) >= 11 is 0. The zero-order valence-corrected chi connectivity index (χ0v) is 22.3. The lowest BCUT2D eigenvalue weighted by Crippen LogP contribution is -1.85. The number of methoxy groups -OCH3 is 1. The molecule has 0 unspecified atom stereocenters. The summed E-state index contributed by atoms with van der Waals surface area (Å²) in [4.78, 5) is 36.9. The Hall–Kier alpha value is -5.96. The van der Waals surface area contributed by atoms with E-state index in [-0.39, 0.29) is 0 Å². The van der Waals surface area contributed by atoms with Gasteiger partial charge in [-0.25, -0.2) is 29.9 Å². The number of benzene rings is 4. The molecular formula is C33H20N8O. The smallest absolute Gasteiger partial charge is 0.164 e. The van der Waals surface area contributed by atoms with E-state index >= 15 is 0 Å². The Kier molecular flexibility index (Phi) is 4.63. The monoisotopic (exact) mass is 544 g/mol. The van der Waals surface area contributed by atoms with Gasteiger partial charge in [0, 0.05) is 38.4 Å². The highest BCUT2D eigenvalue weighted by atomic mass is 16.5. The van der Waals surface area contributed by atoms with Crippen molar-refractivity contribution in [3.63, 3.8) is 0 Å². The van der Waals surface area contributed by atoms with Gasteiger partial charge in [0.1, 0.15) is 28.3 Å². The summed E-state index contributed by atoms with van der Waals surface area (Å²) in [6.07, 6.45) is 0. The highest BCUT2D eigenvalue weighted by molar-refractivity contribution is 6.08. The first kappa shape index (κ1) is 22.8. The van der Waals surface area contributed by atoms with Crippen LogP contribution in [0.4, 0.5) is 0 Å². The van der Waals surface area contributed by atoms with Gasteiger partial charge < -0.3 is 14.7 Å². The zero-order valence-electron chi connectivity index (χ0n) is 22.3. The molecule has 9 rings (SSSR count).